The summed E-state index contributed by atoms with van der Waals surface area (Å²) in [7, 11) is 1.28. The maximum absolute atomic E-state index is 11.9. The van der Waals surface area contributed by atoms with Crippen LogP contribution in [0, 0.1) is 5.92 Å². The normalized spacial score (nSPS) is 12.1. The number of carbonyl (C=O) groups excluding carboxylic acids is 2. The SMILES string of the molecule is CCCCCCOC(=O)C(CC(C)C)NC(=O)OC. The third kappa shape index (κ3) is 9.33. The number of carbonyl (C=O) groups is 2. The van der Waals surface area contributed by atoms with Gasteiger partial charge in [0.2, 0.25) is 0 Å². The molecular formula is C14H27NO4. The van der Waals surface area contributed by atoms with Gasteiger partial charge in [-0.05, 0) is 18.8 Å². The van der Waals surface area contributed by atoms with Crippen molar-refractivity contribution in [1.29, 1.82) is 0 Å². The van der Waals surface area contributed by atoms with E-state index in [4.69, 9.17) is 4.74 Å². The lowest BCUT2D eigenvalue weighted by Gasteiger charge is -2.18. The lowest BCUT2D eigenvalue weighted by atomic mass is 10.0. The van der Waals surface area contributed by atoms with Crippen molar-refractivity contribution in [2.45, 2.75) is 58.9 Å². The molecule has 0 aromatic heterocycles. The van der Waals surface area contributed by atoms with Crippen LogP contribution in [0.4, 0.5) is 4.79 Å². The quantitative estimate of drug-likeness (QED) is 0.518. The molecule has 0 aliphatic heterocycles. The highest BCUT2D eigenvalue weighted by Crippen LogP contribution is 2.08. The van der Waals surface area contributed by atoms with E-state index in [1.165, 1.54) is 7.11 Å². The molecule has 0 aliphatic rings. The van der Waals surface area contributed by atoms with Crippen molar-refractivity contribution < 1.29 is 19.1 Å². The van der Waals surface area contributed by atoms with E-state index in [1.807, 2.05) is 13.8 Å². The maximum Gasteiger partial charge on any atom is 0.407 e. The van der Waals surface area contributed by atoms with Gasteiger partial charge in [-0.15, -0.1) is 0 Å². The highest BCUT2D eigenvalue weighted by Gasteiger charge is 2.23. The number of ether oxygens (including phenoxy) is 2. The Morgan fingerprint density at radius 3 is 2.37 bits per heavy atom. The first-order chi connectivity index (χ1) is 9.01. The highest BCUT2D eigenvalue weighted by molar-refractivity contribution is 5.81. The molecular weight excluding hydrogens is 246 g/mol. The molecule has 5 nitrogen and oxygen atoms in total. The van der Waals surface area contributed by atoms with E-state index in [0.29, 0.717) is 13.0 Å². The smallest absolute Gasteiger partial charge is 0.407 e. The average molecular weight is 273 g/mol. The first-order valence-electron chi connectivity index (χ1n) is 7.02. The van der Waals surface area contributed by atoms with Crippen molar-refractivity contribution in [1.82, 2.24) is 5.32 Å². The topological polar surface area (TPSA) is 64.6 Å². The van der Waals surface area contributed by atoms with Crippen molar-refractivity contribution in [3.8, 4) is 0 Å². The summed E-state index contributed by atoms with van der Waals surface area (Å²) in [6.07, 6.45) is 4.16. The number of esters is 1. The highest BCUT2D eigenvalue weighted by atomic mass is 16.5. The summed E-state index contributed by atoms with van der Waals surface area (Å²) in [5.41, 5.74) is 0. The Labute approximate surface area is 116 Å². The fraction of sp³-hybridized carbons (Fsp3) is 0.857. The minimum absolute atomic E-state index is 0.287. The van der Waals surface area contributed by atoms with E-state index in [2.05, 4.69) is 17.0 Å². The number of alkyl carbamates (subject to hydrolysis) is 1. The molecule has 0 aliphatic carbocycles. The van der Waals surface area contributed by atoms with Gasteiger partial charge in [0.15, 0.2) is 0 Å². The van der Waals surface area contributed by atoms with Gasteiger partial charge < -0.3 is 14.8 Å². The molecule has 0 aromatic rings. The number of methoxy groups -OCH3 is 1. The summed E-state index contributed by atoms with van der Waals surface area (Å²) in [6, 6.07) is -0.626. The molecule has 0 saturated heterocycles. The van der Waals surface area contributed by atoms with Crippen LogP contribution in [0.1, 0.15) is 52.9 Å². The van der Waals surface area contributed by atoms with Crippen molar-refractivity contribution in [2.24, 2.45) is 5.92 Å². The van der Waals surface area contributed by atoms with E-state index in [1.54, 1.807) is 0 Å². The minimum atomic E-state index is -0.626. The number of hydrogen-bond donors (Lipinski definition) is 1. The Morgan fingerprint density at radius 2 is 1.84 bits per heavy atom. The molecule has 0 fully saturated rings. The molecule has 1 unspecified atom stereocenters. The Morgan fingerprint density at radius 1 is 1.16 bits per heavy atom. The van der Waals surface area contributed by atoms with Crippen LogP contribution in [0.5, 0.6) is 0 Å². The van der Waals surface area contributed by atoms with Gasteiger partial charge in [-0.2, -0.15) is 0 Å². The van der Waals surface area contributed by atoms with Crippen LogP contribution in [0.3, 0.4) is 0 Å². The summed E-state index contributed by atoms with van der Waals surface area (Å²) >= 11 is 0. The van der Waals surface area contributed by atoms with Crippen molar-refractivity contribution in [2.75, 3.05) is 13.7 Å². The second-order valence-corrected chi connectivity index (χ2v) is 5.05. The predicted molar refractivity (Wildman–Crippen MR) is 73.9 cm³/mol. The summed E-state index contributed by atoms with van der Waals surface area (Å²) in [4.78, 5) is 23.1. The van der Waals surface area contributed by atoms with Gasteiger partial charge in [-0.3, -0.25) is 0 Å². The summed E-state index contributed by atoms with van der Waals surface area (Å²) in [5.74, 6) is -0.0922. The lowest BCUT2D eigenvalue weighted by molar-refractivity contribution is -0.146. The number of rotatable bonds is 9. The fourth-order valence-corrected chi connectivity index (χ4v) is 1.69. The fourth-order valence-electron chi connectivity index (χ4n) is 1.69. The number of unbranched alkanes of at least 4 members (excludes halogenated alkanes) is 3. The van der Waals surface area contributed by atoms with Crippen LogP contribution in [-0.2, 0) is 14.3 Å². The number of hydrogen-bond acceptors (Lipinski definition) is 4. The number of nitrogens with one attached hydrogen (secondary N) is 1. The van der Waals surface area contributed by atoms with Gasteiger partial charge in [0.05, 0.1) is 13.7 Å². The molecule has 0 spiro atoms. The molecule has 5 heteroatoms. The second kappa shape index (κ2) is 10.6. The van der Waals surface area contributed by atoms with Gasteiger partial charge in [0, 0.05) is 0 Å². The Hall–Kier alpha value is -1.26. The van der Waals surface area contributed by atoms with Gasteiger partial charge >= 0.3 is 12.1 Å². The molecule has 112 valence electrons. The molecule has 1 N–H and O–H groups in total. The van der Waals surface area contributed by atoms with Crippen LogP contribution in [0.2, 0.25) is 0 Å². The van der Waals surface area contributed by atoms with E-state index in [-0.39, 0.29) is 11.9 Å². The van der Waals surface area contributed by atoms with E-state index in [9.17, 15) is 9.59 Å². The Kier molecular flexibility index (Phi) is 9.94. The monoisotopic (exact) mass is 273 g/mol. The molecule has 0 saturated carbocycles. The van der Waals surface area contributed by atoms with E-state index in [0.717, 1.165) is 25.7 Å². The molecule has 1 atom stereocenters. The van der Waals surface area contributed by atoms with Crippen LogP contribution < -0.4 is 5.32 Å². The van der Waals surface area contributed by atoms with E-state index >= 15 is 0 Å². The minimum Gasteiger partial charge on any atom is -0.464 e. The Balaban J connectivity index is 4.11. The Bertz CT molecular complexity index is 266. The van der Waals surface area contributed by atoms with Gasteiger partial charge in [0.1, 0.15) is 6.04 Å². The van der Waals surface area contributed by atoms with E-state index < -0.39 is 12.1 Å². The zero-order chi connectivity index (χ0) is 14.7. The first-order valence-corrected chi connectivity index (χ1v) is 7.02. The van der Waals surface area contributed by atoms with Gasteiger partial charge in [-0.1, -0.05) is 40.0 Å². The molecule has 0 radical (unpaired) electrons. The standard InChI is InChI=1S/C14H27NO4/c1-5-6-7-8-9-19-13(16)12(10-11(2)3)15-14(17)18-4/h11-12H,5-10H2,1-4H3,(H,15,17). The molecule has 0 heterocycles. The second-order valence-electron chi connectivity index (χ2n) is 5.05. The zero-order valence-corrected chi connectivity index (χ0v) is 12.5. The largest absolute Gasteiger partial charge is 0.464 e. The van der Waals surface area contributed by atoms with Gasteiger partial charge in [-0.25, -0.2) is 9.59 Å². The average Bonchev–Trinajstić information content (AvgIpc) is 2.36. The van der Waals surface area contributed by atoms with Crippen LogP contribution in [0.25, 0.3) is 0 Å². The third-order valence-corrected chi connectivity index (χ3v) is 2.71. The predicted octanol–water partition coefficient (Wildman–Crippen LogP) is 2.88. The first kappa shape index (κ1) is 17.7. The summed E-state index contributed by atoms with van der Waals surface area (Å²) in [5, 5.41) is 2.51. The van der Waals surface area contributed by atoms with Crippen molar-refractivity contribution >= 4 is 12.1 Å². The molecule has 0 bridgehead atoms. The van der Waals surface area contributed by atoms with Crippen LogP contribution in [0.15, 0.2) is 0 Å². The van der Waals surface area contributed by atoms with Crippen LogP contribution in [-0.4, -0.2) is 31.8 Å². The number of amides is 1. The molecule has 0 aromatic carbocycles. The summed E-state index contributed by atoms with van der Waals surface area (Å²) in [6.45, 7) is 6.52. The van der Waals surface area contributed by atoms with Crippen molar-refractivity contribution in [3.63, 3.8) is 0 Å². The maximum atomic E-state index is 11.9. The zero-order valence-electron chi connectivity index (χ0n) is 12.5. The van der Waals surface area contributed by atoms with Crippen LogP contribution >= 0.6 is 0 Å². The molecule has 0 rings (SSSR count). The van der Waals surface area contributed by atoms with Gasteiger partial charge in [0.25, 0.3) is 0 Å². The lowest BCUT2D eigenvalue weighted by Crippen LogP contribution is -2.42. The summed E-state index contributed by atoms with van der Waals surface area (Å²) < 4.78 is 9.70. The molecule has 19 heavy (non-hydrogen) atoms. The molecule has 1 amide bonds. The third-order valence-electron chi connectivity index (χ3n) is 2.71. The van der Waals surface area contributed by atoms with Crippen molar-refractivity contribution in [3.05, 3.63) is 0 Å².